The highest BCUT2D eigenvalue weighted by molar-refractivity contribution is 7.89. The first-order valence-corrected chi connectivity index (χ1v) is 8.39. The number of rotatable bonds is 6. The van der Waals surface area contributed by atoms with Gasteiger partial charge in [-0.3, -0.25) is 0 Å². The van der Waals surface area contributed by atoms with Gasteiger partial charge in [-0.1, -0.05) is 38.2 Å². The molecule has 0 amide bonds. The van der Waals surface area contributed by atoms with Crippen molar-refractivity contribution in [1.82, 2.24) is 4.31 Å². The van der Waals surface area contributed by atoms with Crippen LogP contribution in [0.15, 0.2) is 29.2 Å². The van der Waals surface area contributed by atoms with Gasteiger partial charge in [0.2, 0.25) is 10.0 Å². The molecule has 0 aliphatic heterocycles. The van der Waals surface area contributed by atoms with Crippen molar-refractivity contribution in [2.75, 3.05) is 7.05 Å². The summed E-state index contributed by atoms with van der Waals surface area (Å²) < 4.78 is 26.4. The van der Waals surface area contributed by atoms with Gasteiger partial charge in [-0.05, 0) is 31.4 Å². The summed E-state index contributed by atoms with van der Waals surface area (Å²) in [4.78, 5) is 0.520. The van der Waals surface area contributed by atoms with Gasteiger partial charge in [0, 0.05) is 18.7 Å². The van der Waals surface area contributed by atoms with Crippen molar-refractivity contribution in [2.45, 2.75) is 38.1 Å². The molecule has 0 heterocycles. The molecule has 0 radical (unpaired) electrons. The molecule has 1 unspecified atom stereocenters. The fourth-order valence-electron chi connectivity index (χ4n) is 2.03. The van der Waals surface area contributed by atoms with Gasteiger partial charge >= 0.3 is 0 Å². The first kappa shape index (κ1) is 17.1. The summed E-state index contributed by atoms with van der Waals surface area (Å²) in [5.74, 6) is 0.444. The maximum Gasteiger partial charge on any atom is 0.243 e. The molecule has 0 bridgehead atoms. The van der Waals surface area contributed by atoms with Gasteiger partial charge in [0.15, 0.2) is 0 Å². The van der Waals surface area contributed by atoms with E-state index in [9.17, 15) is 8.42 Å². The van der Waals surface area contributed by atoms with E-state index in [1.165, 1.54) is 4.31 Å². The molecule has 4 nitrogen and oxygen atoms in total. The summed E-state index contributed by atoms with van der Waals surface area (Å²) in [7, 11) is -1.86. The maximum atomic E-state index is 12.5. The number of thiocarbonyl (C=S) groups is 1. The van der Waals surface area contributed by atoms with Crippen LogP contribution in [0, 0.1) is 5.92 Å². The van der Waals surface area contributed by atoms with E-state index >= 15 is 0 Å². The Morgan fingerprint density at radius 3 is 2.15 bits per heavy atom. The average molecular weight is 314 g/mol. The fraction of sp³-hybridized carbons (Fsp3) is 0.500. The molecule has 1 aromatic carbocycles. The van der Waals surface area contributed by atoms with Crippen molar-refractivity contribution in [2.24, 2.45) is 11.7 Å². The molecule has 1 atom stereocenters. The van der Waals surface area contributed by atoms with Crippen molar-refractivity contribution in [1.29, 1.82) is 0 Å². The molecule has 6 heteroatoms. The largest absolute Gasteiger partial charge is 0.389 e. The van der Waals surface area contributed by atoms with Crippen LogP contribution in [0.3, 0.4) is 0 Å². The van der Waals surface area contributed by atoms with Crippen molar-refractivity contribution in [3.05, 3.63) is 29.8 Å². The normalized spacial score (nSPS) is 13.7. The van der Waals surface area contributed by atoms with Gasteiger partial charge in [0.1, 0.15) is 4.99 Å². The summed E-state index contributed by atoms with van der Waals surface area (Å²) >= 11 is 4.86. The van der Waals surface area contributed by atoms with Crippen molar-refractivity contribution in [3.8, 4) is 0 Å². The lowest BCUT2D eigenvalue weighted by atomic mass is 10.1. The molecule has 1 aromatic rings. The predicted octanol–water partition coefficient (Wildman–Crippen LogP) is 2.38. The second-order valence-corrected chi connectivity index (χ2v) is 7.83. The van der Waals surface area contributed by atoms with Gasteiger partial charge in [-0.25, -0.2) is 8.42 Å². The van der Waals surface area contributed by atoms with E-state index in [4.69, 9.17) is 18.0 Å². The van der Waals surface area contributed by atoms with Crippen molar-refractivity contribution < 1.29 is 8.42 Å². The Balaban J connectivity index is 3.01. The highest BCUT2D eigenvalue weighted by Crippen LogP contribution is 2.20. The zero-order valence-electron chi connectivity index (χ0n) is 12.3. The molecule has 0 aromatic heterocycles. The molecule has 0 aliphatic carbocycles. The Morgan fingerprint density at radius 2 is 1.75 bits per heavy atom. The molecule has 0 spiro atoms. The van der Waals surface area contributed by atoms with Crippen LogP contribution in [0.1, 0.15) is 32.8 Å². The van der Waals surface area contributed by atoms with Crippen LogP contribution < -0.4 is 5.73 Å². The minimum absolute atomic E-state index is 0.0461. The molecule has 112 valence electrons. The number of hydrogen-bond donors (Lipinski definition) is 1. The molecular formula is C14H22N2O2S2. The Labute approximate surface area is 127 Å². The number of hydrogen-bond acceptors (Lipinski definition) is 3. The van der Waals surface area contributed by atoms with Crippen LogP contribution in [0.25, 0.3) is 0 Å². The first-order valence-electron chi connectivity index (χ1n) is 6.54. The highest BCUT2D eigenvalue weighted by atomic mass is 32.2. The van der Waals surface area contributed by atoms with Crippen LogP contribution in [0.2, 0.25) is 0 Å². The van der Waals surface area contributed by atoms with Gasteiger partial charge in [-0.15, -0.1) is 0 Å². The summed E-state index contributed by atoms with van der Waals surface area (Å²) in [6.45, 7) is 6.07. The summed E-state index contributed by atoms with van der Waals surface area (Å²) in [5, 5.41) is 0. The SMILES string of the molecule is CC(C)CC(C)N(C)S(=O)(=O)c1ccc(C(N)=S)cc1. The van der Waals surface area contributed by atoms with Crippen LogP contribution in [-0.2, 0) is 10.0 Å². The van der Waals surface area contributed by atoms with E-state index in [1.54, 1.807) is 31.3 Å². The topological polar surface area (TPSA) is 63.4 Å². The number of benzene rings is 1. The molecule has 0 saturated carbocycles. The minimum Gasteiger partial charge on any atom is -0.389 e. The van der Waals surface area contributed by atoms with E-state index < -0.39 is 10.0 Å². The van der Waals surface area contributed by atoms with Gasteiger partial charge in [0.05, 0.1) is 4.90 Å². The molecule has 1 rings (SSSR count). The zero-order valence-corrected chi connectivity index (χ0v) is 14.0. The first-order chi connectivity index (χ1) is 9.16. The lowest BCUT2D eigenvalue weighted by Crippen LogP contribution is -2.35. The monoisotopic (exact) mass is 314 g/mol. The predicted molar refractivity (Wildman–Crippen MR) is 86.2 cm³/mol. The molecule has 0 aliphatic rings. The van der Waals surface area contributed by atoms with E-state index in [0.717, 1.165) is 6.42 Å². The summed E-state index contributed by atoms with van der Waals surface area (Å²) in [6.07, 6.45) is 0.820. The molecule has 2 N–H and O–H groups in total. The maximum absolute atomic E-state index is 12.5. The third-order valence-electron chi connectivity index (χ3n) is 3.25. The molecule has 0 fully saturated rings. The number of nitrogens with zero attached hydrogens (tertiary/aromatic N) is 1. The highest BCUT2D eigenvalue weighted by Gasteiger charge is 2.25. The second kappa shape index (κ2) is 6.65. The van der Waals surface area contributed by atoms with Gasteiger partial charge in [-0.2, -0.15) is 4.31 Å². The van der Waals surface area contributed by atoms with E-state index in [-0.39, 0.29) is 15.9 Å². The lowest BCUT2D eigenvalue weighted by molar-refractivity contribution is 0.338. The quantitative estimate of drug-likeness (QED) is 0.819. The Bertz CT molecular complexity index is 565. The number of nitrogens with two attached hydrogens (primary N) is 1. The van der Waals surface area contributed by atoms with Crippen LogP contribution in [0.4, 0.5) is 0 Å². The van der Waals surface area contributed by atoms with E-state index in [0.29, 0.717) is 11.5 Å². The van der Waals surface area contributed by atoms with Crippen LogP contribution >= 0.6 is 12.2 Å². The lowest BCUT2D eigenvalue weighted by Gasteiger charge is -2.25. The smallest absolute Gasteiger partial charge is 0.243 e. The van der Waals surface area contributed by atoms with E-state index in [1.807, 2.05) is 6.92 Å². The third-order valence-corrected chi connectivity index (χ3v) is 5.47. The average Bonchev–Trinajstić information content (AvgIpc) is 2.37. The second-order valence-electron chi connectivity index (χ2n) is 5.39. The molecule has 20 heavy (non-hydrogen) atoms. The van der Waals surface area contributed by atoms with Crippen molar-refractivity contribution >= 4 is 27.2 Å². The zero-order chi connectivity index (χ0) is 15.5. The van der Waals surface area contributed by atoms with Crippen LogP contribution in [0.5, 0.6) is 0 Å². The number of sulfonamides is 1. The Morgan fingerprint density at radius 1 is 1.25 bits per heavy atom. The summed E-state index contributed by atoms with van der Waals surface area (Å²) in [5.41, 5.74) is 6.17. The summed E-state index contributed by atoms with van der Waals surface area (Å²) in [6, 6.07) is 6.31. The standard InChI is InChI=1S/C14H22N2O2S2/c1-10(2)9-11(3)16(4)20(17,18)13-7-5-12(6-8-13)14(15)19/h5-8,10-11H,9H2,1-4H3,(H2,15,19). The fourth-order valence-corrected chi connectivity index (χ4v) is 3.53. The Kier molecular flexibility index (Phi) is 5.68. The van der Waals surface area contributed by atoms with Crippen molar-refractivity contribution in [3.63, 3.8) is 0 Å². The van der Waals surface area contributed by atoms with Crippen LogP contribution in [-0.4, -0.2) is 30.8 Å². The minimum atomic E-state index is -3.48. The van der Waals surface area contributed by atoms with E-state index in [2.05, 4.69) is 13.8 Å². The van der Waals surface area contributed by atoms with Gasteiger partial charge in [0.25, 0.3) is 0 Å². The molecular weight excluding hydrogens is 292 g/mol. The van der Waals surface area contributed by atoms with Gasteiger partial charge < -0.3 is 5.73 Å². The third kappa shape index (κ3) is 4.01. The molecule has 0 saturated heterocycles. The Hall–Kier alpha value is -0.980.